The predicted molar refractivity (Wildman–Crippen MR) is 128 cm³/mol. The van der Waals surface area contributed by atoms with E-state index in [1.165, 1.54) is 0 Å². The number of hydrogen-bond donors (Lipinski definition) is 2. The molecule has 2 aromatic heterocycles. The minimum Gasteiger partial charge on any atom is -0.508 e. The van der Waals surface area contributed by atoms with Crippen molar-refractivity contribution in [2.24, 2.45) is 11.1 Å². The van der Waals surface area contributed by atoms with Gasteiger partial charge in [-0.15, -0.1) is 22.7 Å². The molecular weight excluding hydrogens is 444 g/mol. The summed E-state index contributed by atoms with van der Waals surface area (Å²) in [5.74, 6) is -0.187. The number of thiophene rings is 2. The van der Waals surface area contributed by atoms with Crippen molar-refractivity contribution in [3.05, 3.63) is 74.6 Å². The number of carbonyl (C=O) groups is 2. The van der Waals surface area contributed by atoms with E-state index in [9.17, 15) is 14.7 Å². The van der Waals surface area contributed by atoms with Crippen molar-refractivity contribution in [3.63, 3.8) is 0 Å². The Morgan fingerprint density at radius 2 is 1.50 bits per heavy atom. The van der Waals surface area contributed by atoms with Gasteiger partial charge in [-0.05, 0) is 40.6 Å². The molecule has 0 saturated heterocycles. The van der Waals surface area contributed by atoms with Gasteiger partial charge in [0.25, 0.3) is 5.91 Å². The lowest BCUT2D eigenvalue weighted by Crippen LogP contribution is -2.60. The third kappa shape index (κ3) is 5.49. The van der Waals surface area contributed by atoms with Gasteiger partial charge in [-0.3, -0.25) is 4.79 Å². The van der Waals surface area contributed by atoms with Crippen LogP contribution < -0.4 is 5.73 Å². The molecule has 0 bridgehead atoms. The van der Waals surface area contributed by atoms with Crippen LogP contribution in [0.25, 0.3) is 0 Å². The van der Waals surface area contributed by atoms with E-state index in [0.29, 0.717) is 13.1 Å². The second-order valence-electron chi connectivity index (χ2n) is 8.66. The molecule has 8 heteroatoms. The number of nitrogens with two attached hydrogens (primary N) is 1. The summed E-state index contributed by atoms with van der Waals surface area (Å²) in [5.41, 5.74) is 3.94. The molecule has 0 aliphatic heterocycles. The minimum absolute atomic E-state index is 0.120. The molecule has 0 fully saturated rings. The molecule has 0 saturated carbocycles. The fourth-order valence-corrected chi connectivity index (χ4v) is 5.04. The van der Waals surface area contributed by atoms with Gasteiger partial charge in [0, 0.05) is 21.6 Å². The van der Waals surface area contributed by atoms with Crippen molar-refractivity contribution in [1.82, 2.24) is 4.90 Å². The summed E-state index contributed by atoms with van der Waals surface area (Å²) in [4.78, 5) is 30.1. The van der Waals surface area contributed by atoms with Crippen LogP contribution >= 0.6 is 22.7 Å². The quantitative estimate of drug-likeness (QED) is 0.473. The third-order valence-electron chi connectivity index (χ3n) is 5.36. The Balaban J connectivity index is 2.06. The summed E-state index contributed by atoms with van der Waals surface area (Å²) in [5, 5.41) is 13.6. The van der Waals surface area contributed by atoms with Crippen molar-refractivity contribution in [2.45, 2.75) is 45.9 Å². The lowest BCUT2D eigenvalue weighted by atomic mass is 9.71. The minimum atomic E-state index is -1.54. The van der Waals surface area contributed by atoms with Gasteiger partial charge >= 0.3 is 6.09 Å². The number of benzene rings is 1. The SMILES string of the molecule is CC(C)(C)[C@](Cc1ccc(O)cc1)(OC(N)=O)C(=O)N(Cc1cccs1)Cc1cccs1. The van der Waals surface area contributed by atoms with Gasteiger partial charge in [0.05, 0.1) is 13.1 Å². The average Bonchev–Trinajstić information content (AvgIpc) is 3.41. The molecule has 0 radical (unpaired) electrons. The zero-order valence-electron chi connectivity index (χ0n) is 18.4. The van der Waals surface area contributed by atoms with E-state index in [2.05, 4.69) is 0 Å². The lowest BCUT2D eigenvalue weighted by Gasteiger charge is -2.44. The molecule has 3 rings (SSSR count). The number of primary amides is 1. The second-order valence-corrected chi connectivity index (χ2v) is 10.7. The van der Waals surface area contributed by atoms with Crippen molar-refractivity contribution >= 4 is 34.7 Å². The Kier molecular flexibility index (Phi) is 7.26. The Bertz CT molecular complexity index is 989. The first-order valence-electron chi connectivity index (χ1n) is 10.2. The van der Waals surface area contributed by atoms with Crippen molar-refractivity contribution in [2.75, 3.05) is 0 Å². The van der Waals surface area contributed by atoms with E-state index in [-0.39, 0.29) is 18.1 Å². The third-order valence-corrected chi connectivity index (χ3v) is 7.08. The van der Waals surface area contributed by atoms with Gasteiger partial charge in [-0.1, -0.05) is 45.0 Å². The second kappa shape index (κ2) is 9.75. The summed E-state index contributed by atoms with van der Waals surface area (Å²) in [6.45, 7) is 6.38. The fraction of sp³-hybridized carbons (Fsp3) is 0.333. The molecule has 6 nitrogen and oxygen atoms in total. The lowest BCUT2D eigenvalue weighted by molar-refractivity contribution is -0.165. The number of rotatable bonds is 8. The summed E-state index contributed by atoms with van der Waals surface area (Å²) >= 11 is 3.14. The van der Waals surface area contributed by atoms with Crippen LogP contribution in [-0.2, 0) is 29.0 Å². The number of ether oxygens (including phenoxy) is 1. The zero-order valence-corrected chi connectivity index (χ0v) is 20.0. The Morgan fingerprint density at radius 3 is 1.91 bits per heavy atom. The van der Waals surface area contributed by atoms with Crippen molar-refractivity contribution in [3.8, 4) is 5.75 Å². The topological polar surface area (TPSA) is 92.9 Å². The van der Waals surface area contributed by atoms with Crippen LogP contribution in [-0.4, -0.2) is 27.6 Å². The highest BCUT2D eigenvalue weighted by atomic mass is 32.1. The van der Waals surface area contributed by atoms with Gasteiger partial charge in [0.15, 0.2) is 0 Å². The molecule has 0 aliphatic carbocycles. The molecule has 32 heavy (non-hydrogen) atoms. The Morgan fingerprint density at radius 1 is 0.969 bits per heavy atom. The molecule has 170 valence electrons. The molecule has 0 unspecified atom stereocenters. The summed E-state index contributed by atoms with van der Waals surface area (Å²) in [6.07, 6.45) is -0.872. The first-order valence-corrected chi connectivity index (χ1v) is 12.0. The number of nitrogens with zero attached hydrogens (tertiary/aromatic N) is 1. The van der Waals surface area contributed by atoms with E-state index in [1.54, 1.807) is 51.8 Å². The summed E-state index contributed by atoms with van der Waals surface area (Å²) < 4.78 is 5.71. The van der Waals surface area contributed by atoms with Crippen LogP contribution in [0.3, 0.4) is 0 Å². The maximum Gasteiger partial charge on any atom is 0.405 e. The summed E-state index contributed by atoms with van der Waals surface area (Å²) in [7, 11) is 0. The standard InChI is InChI=1S/C24H28N2O4S2/c1-23(2,3)24(30-22(25)29,14-17-8-10-18(27)11-9-17)21(28)26(15-19-6-4-12-31-19)16-20-7-5-13-32-20/h4-13,27H,14-16H2,1-3H3,(H2,25,29)/t24-/m1/s1. The van der Waals surface area contributed by atoms with Crippen LogP contribution in [0.2, 0.25) is 0 Å². The molecule has 1 atom stereocenters. The van der Waals surface area contributed by atoms with Crippen LogP contribution in [0.15, 0.2) is 59.3 Å². The number of phenols is 1. The van der Waals surface area contributed by atoms with Crippen LogP contribution in [0.1, 0.15) is 36.1 Å². The molecule has 3 aromatic rings. The van der Waals surface area contributed by atoms with Crippen molar-refractivity contribution < 1.29 is 19.4 Å². The van der Waals surface area contributed by atoms with Gasteiger partial charge in [0.2, 0.25) is 5.60 Å². The number of carbonyl (C=O) groups excluding carboxylic acids is 2. The highest BCUT2D eigenvalue weighted by Gasteiger charge is 2.54. The molecule has 2 amide bonds. The number of hydrogen-bond acceptors (Lipinski definition) is 6. The van der Waals surface area contributed by atoms with E-state index in [4.69, 9.17) is 10.5 Å². The smallest absolute Gasteiger partial charge is 0.405 e. The van der Waals surface area contributed by atoms with E-state index in [1.807, 2.05) is 55.8 Å². The normalized spacial score (nSPS) is 13.3. The van der Waals surface area contributed by atoms with Gasteiger partial charge in [0.1, 0.15) is 5.75 Å². The zero-order chi connectivity index (χ0) is 23.4. The monoisotopic (exact) mass is 472 g/mol. The van der Waals surface area contributed by atoms with Gasteiger partial charge < -0.3 is 20.5 Å². The number of phenolic OH excluding ortho intramolecular Hbond substituents is 1. The number of aromatic hydroxyl groups is 1. The maximum atomic E-state index is 14.2. The molecule has 2 heterocycles. The average molecular weight is 473 g/mol. The van der Waals surface area contributed by atoms with E-state index in [0.717, 1.165) is 15.3 Å². The van der Waals surface area contributed by atoms with E-state index >= 15 is 0 Å². The van der Waals surface area contributed by atoms with Gasteiger partial charge in [-0.25, -0.2) is 4.79 Å². The highest BCUT2D eigenvalue weighted by molar-refractivity contribution is 7.10. The number of amides is 2. The van der Waals surface area contributed by atoms with Gasteiger partial charge in [-0.2, -0.15) is 0 Å². The van der Waals surface area contributed by atoms with Crippen LogP contribution in [0, 0.1) is 5.41 Å². The van der Waals surface area contributed by atoms with Crippen molar-refractivity contribution in [1.29, 1.82) is 0 Å². The first-order chi connectivity index (χ1) is 15.1. The fourth-order valence-electron chi connectivity index (χ4n) is 3.60. The molecule has 0 spiro atoms. The highest BCUT2D eigenvalue weighted by Crippen LogP contribution is 2.40. The molecule has 3 N–H and O–H groups in total. The maximum absolute atomic E-state index is 14.2. The van der Waals surface area contributed by atoms with Crippen LogP contribution in [0.5, 0.6) is 5.75 Å². The van der Waals surface area contributed by atoms with Crippen LogP contribution in [0.4, 0.5) is 4.79 Å². The molecular formula is C24H28N2O4S2. The Labute approximate surface area is 196 Å². The largest absolute Gasteiger partial charge is 0.508 e. The molecule has 0 aliphatic rings. The Hall–Kier alpha value is -2.84. The first kappa shape index (κ1) is 23.8. The van der Waals surface area contributed by atoms with E-state index < -0.39 is 17.1 Å². The summed E-state index contributed by atoms with van der Waals surface area (Å²) in [6, 6.07) is 14.4. The molecule has 1 aromatic carbocycles. The predicted octanol–water partition coefficient (Wildman–Crippen LogP) is 5.17.